The van der Waals surface area contributed by atoms with E-state index in [2.05, 4.69) is 10.2 Å². The van der Waals surface area contributed by atoms with Gasteiger partial charge in [-0.3, -0.25) is 0 Å². The third-order valence-electron chi connectivity index (χ3n) is 3.97. The molecule has 5 nitrogen and oxygen atoms in total. The van der Waals surface area contributed by atoms with Gasteiger partial charge in [0.2, 0.25) is 0 Å². The van der Waals surface area contributed by atoms with E-state index in [1.165, 1.54) is 0 Å². The highest BCUT2D eigenvalue weighted by Crippen LogP contribution is 2.39. The lowest BCUT2D eigenvalue weighted by Gasteiger charge is -2.16. The third-order valence-corrected chi connectivity index (χ3v) is 4.97. The summed E-state index contributed by atoms with van der Waals surface area (Å²) in [5.41, 5.74) is 0.718. The molecular weight excluding hydrogens is 498 g/mol. The molecule has 0 aliphatic carbocycles. The van der Waals surface area contributed by atoms with Crippen LogP contribution in [0.25, 0.3) is 11.3 Å². The Morgan fingerprint density at radius 1 is 1.03 bits per heavy atom. The number of benzene rings is 2. The standard InChI is InChI=1S/C20H13F3IN3O2/c1-28-15-8-4-13(5-9-15)11-29-18-16(24)19(20(21,22)23)27-26-17(18)14-6-2-12(10-25)3-7-14/h2-9H,11H2,1H3. The monoisotopic (exact) mass is 511 g/mol. The molecule has 0 amide bonds. The van der Waals surface area contributed by atoms with Crippen LogP contribution in [0.2, 0.25) is 0 Å². The number of ether oxygens (including phenoxy) is 2. The molecule has 0 radical (unpaired) electrons. The van der Waals surface area contributed by atoms with Crippen LogP contribution in [0.4, 0.5) is 13.2 Å². The van der Waals surface area contributed by atoms with E-state index in [4.69, 9.17) is 14.7 Å². The maximum atomic E-state index is 13.3. The van der Waals surface area contributed by atoms with Gasteiger partial charge >= 0.3 is 6.18 Å². The lowest BCUT2D eigenvalue weighted by Crippen LogP contribution is -2.14. The van der Waals surface area contributed by atoms with Crippen molar-refractivity contribution in [2.75, 3.05) is 7.11 Å². The van der Waals surface area contributed by atoms with Crippen LogP contribution in [0.1, 0.15) is 16.8 Å². The van der Waals surface area contributed by atoms with Crippen LogP contribution in [-0.4, -0.2) is 17.3 Å². The summed E-state index contributed by atoms with van der Waals surface area (Å²) in [7, 11) is 1.54. The van der Waals surface area contributed by atoms with Gasteiger partial charge in [-0.2, -0.15) is 18.4 Å². The molecule has 2 aromatic carbocycles. The Hall–Kier alpha value is -2.87. The molecule has 0 unspecified atom stereocenters. The van der Waals surface area contributed by atoms with Gasteiger partial charge in [-0.15, -0.1) is 10.2 Å². The van der Waals surface area contributed by atoms with Gasteiger partial charge in [0, 0.05) is 5.56 Å². The second kappa shape index (κ2) is 8.65. The zero-order valence-electron chi connectivity index (χ0n) is 15.0. The predicted octanol–water partition coefficient (Wildman–Crippen LogP) is 5.23. The average molecular weight is 511 g/mol. The molecule has 0 spiro atoms. The fraction of sp³-hybridized carbons (Fsp3) is 0.150. The van der Waals surface area contributed by atoms with Gasteiger partial charge in [-0.25, -0.2) is 0 Å². The van der Waals surface area contributed by atoms with Gasteiger partial charge in [0.25, 0.3) is 0 Å². The van der Waals surface area contributed by atoms with E-state index in [-0.39, 0.29) is 21.6 Å². The number of rotatable bonds is 5. The minimum absolute atomic E-state index is 0.0200. The van der Waals surface area contributed by atoms with E-state index in [1.54, 1.807) is 78.2 Å². The van der Waals surface area contributed by atoms with E-state index in [0.29, 0.717) is 16.9 Å². The molecule has 1 aromatic heterocycles. The Labute approximate surface area is 178 Å². The number of halogens is 4. The number of methoxy groups -OCH3 is 1. The summed E-state index contributed by atoms with van der Waals surface area (Å²) < 4.78 is 50.6. The molecule has 3 rings (SSSR count). The summed E-state index contributed by atoms with van der Waals surface area (Å²) in [6.45, 7) is 0.0340. The summed E-state index contributed by atoms with van der Waals surface area (Å²) >= 11 is 1.57. The number of nitriles is 1. The highest BCUT2D eigenvalue weighted by molar-refractivity contribution is 14.1. The van der Waals surface area contributed by atoms with Crippen LogP contribution in [0, 0.1) is 14.9 Å². The summed E-state index contributed by atoms with van der Waals surface area (Å²) in [6.07, 6.45) is -4.66. The number of nitrogens with zero attached hydrogens (tertiary/aromatic N) is 3. The summed E-state index contributed by atoms with van der Waals surface area (Å²) in [5, 5.41) is 16.1. The zero-order chi connectivity index (χ0) is 21.0. The maximum absolute atomic E-state index is 13.3. The SMILES string of the molecule is COc1ccc(COc2c(-c3ccc(C#N)cc3)nnc(C(F)(F)F)c2I)cc1. The van der Waals surface area contributed by atoms with Gasteiger partial charge in [0.15, 0.2) is 11.4 Å². The smallest absolute Gasteiger partial charge is 0.436 e. The van der Waals surface area contributed by atoms with E-state index in [0.717, 1.165) is 5.56 Å². The van der Waals surface area contributed by atoms with E-state index in [9.17, 15) is 13.2 Å². The Bertz CT molecular complexity index is 1050. The second-order valence-corrected chi connectivity index (χ2v) is 6.94. The number of aromatic nitrogens is 2. The van der Waals surface area contributed by atoms with Gasteiger partial charge in [0.1, 0.15) is 18.1 Å². The maximum Gasteiger partial charge on any atom is 0.436 e. The molecule has 0 bridgehead atoms. The molecule has 0 atom stereocenters. The van der Waals surface area contributed by atoms with Crippen molar-refractivity contribution in [1.29, 1.82) is 5.26 Å². The molecule has 3 aromatic rings. The van der Waals surface area contributed by atoms with E-state index < -0.39 is 11.9 Å². The van der Waals surface area contributed by atoms with Crippen LogP contribution >= 0.6 is 22.6 Å². The largest absolute Gasteiger partial charge is 0.497 e. The van der Waals surface area contributed by atoms with E-state index in [1.807, 2.05) is 6.07 Å². The fourth-order valence-corrected chi connectivity index (χ4v) is 3.31. The molecule has 0 saturated carbocycles. The van der Waals surface area contributed by atoms with Crippen molar-refractivity contribution in [2.45, 2.75) is 12.8 Å². The van der Waals surface area contributed by atoms with Crippen LogP contribution in [0.5, 0.6) is 11.5 Å². The Balaban J connectivity index is 2.01. The minimum atomic E-state index is -4.66. The Morgan fingerprint density at radius 2 is 1.69 bits per heavy atom. The highest BCUT2D eigenvalue weighted by Gasteiger charge is 2.38. The lowest BCUT2D eigenvalue weighted by molar-refractivity contribution is -0.142. The van der Waals surface area contributed by atoms with Crippen molar-refractivity contribution >= 4 is 22.6 Å². The Morgan fingerprint density at radius 3 is 2.24 bits per heavy atom. The topological polar surface area (TPSA) is 68.0 Å². The average Bonchev–Trinajstić information content (AvgIpc) is 2.72. The first-order chi connectivity index (χ1) is 13.8. The molecule has 0 saturated heterocycles. The van der Waals surface area contributed by atoms with Crippen LogP contribution in [-0.2, 0) is 12.8 Å². The summed E-state index contributed by atoms with van der Waals surface area (Å²) in [4.78, 5) is 0. The van der Waals surface area contributed by atoms with Crippen molar-refractivity contribution in [3.05, 3.63) is 68.9 Å². The first-order valence-electron chi connectivity index (χ1n) is 8.23. The summed E-state index contributed by atoms with van der Waals surface area (Å²) in [6, 6.07) is 15.2. The number of alkyl halides is 3. The number of hydrogen-bond donors (Lipinski definition) is 0. The highest BCUT2D eigenvalue weighted by atomic mass is 127. The normalized spacial score (nSPS) is 11.0. The molecule has 1 heterocycles. The molecule has 9 heteroatoms. The van der Waals surface area contributed by atoms with Crippen LogP contribution < -0.4 is 9.47 Å². The van der Waals surface area contributed by atoms with Crippen LogP contribution in [0.15, 0.2) is 48.5 Å². The van der Waals surface area contributed by atoms with Crippen molar-refractivity contribution in [1.82, 2.24) is 10.2 Å². The molecular formula is C20H13F3IN3O2. The zero-order valence-corrected chi connectivity index (χ0v) is 17.2. The third kappa shape index (κ3) is 4.76. The Kier molecular flexibility index (Phi) is 6.22. The van der Waals surface area contributed by atoms with E-state index >= 15 is 0 Å². The number of hydrogen-bond acceptors (Lipinski definition) is 5. The quantitative estimate of drug-likeness (QED) is 0.440. The molecule has 0 aliphatic rings. The first-order valence-corrected chi connectivity index (χ1v) is 9.31. The van der Waals surface area contributed by atoms with Gasteiger partial charge in [-0.1, -0.05) is 24.3 Å². The van der Waals surface area contributed by atoms with Crippen molar-refractivity contribution in [3.63, 3.8) is 0 Å². The molecule has 148 valence electrons. The predicted molar refractivity (Wildman–Crippen MR) is 107 cm³/mol. The minimum Gasteiger partial charge on any atom is -0.497 e. The van der Waals surface area contributed by atoms with Crippen molar-refractivity contribution in [2.24, 2.45) is 0 Å². The van der Waals surface area contributed by atoms with Crippen molar-refractivity contribution < 1.29 is 22.6 Å². The summed E-state index contributed by atoms with van der Waals surface area (Å²) in [5.74, 6) is 0.639. The second-order valence-electron chi connectivity index (χ2n) is 5.86. The van der Waals surface area contributed by atoms with Gasteiger partial charge in [-0.05, 0) is 52.4 Å². The molecule has 0 N–H and O–H groups in total. The molecule has 0 fully saturated rings. The fourth-order valence-electron chi connectivity index (χ4n) is 2.48. The van der Waals surface area contributed by atoms with Crippen molar-refractivity contribution in [3.8, 4) is 28.8 Å². The first kappa shape index (κ1) is 20.9. The molecule has 29 heavy (non-hydrogen) atoms. The van der Waals surface area contributed by atoms with Gasteiger partial charge in [0.05, 0.1) is 22.3 Å². The van der Waals surface area contributed by atoms with Gasteiger partial charge < -0.3 is 9.47 Å². The van der Waals surface area contributed by atoms with Crippen LogP contribution in [0.3, 0.4) is 0 Å². The molecule has 0 aliphatic heterocycles. The lowest BCUT2D eigenvalue weighted by atomic mass is 10.1.